The molecule has 1 unspecified atom stereocenters. The van der Waals surface area contributed by atoms with E-state index in [2.05, 4.69) is 20.6 Å². The lowest BCUT2D eigenvalue weighted by molar-refractivity contribution is -0.124. The average molecular weight is 266 g/mol. The number of H-pyrrole nitrogens is 1. The van der Waals surface area contributed by atoms with Gasteiger partial charge in [0.1, 0.15) is 11.7 Å². The normalized spacial score (nSPS) is 17.1. The monoisotopic (exact) mass is 266 g/mol. The molecule has 2 rings (SSSR count). The fourth-order valence-corrected chi connectivity index (χ4v) is 2.18. The summed E-state index contributed by atoms with van der Waals surface area (Å²) < 4.78 is 0. The average Bonchev–Trinajstić information content (AvgIpc) is 3.07. The van der Waals surface area contributed by atoms with Gasteiger partial charge in [-0.25, -0.2) is 4.98 Å². The van der Waals surface area contributed by atoms with Crippen LogP contribution in [0.25, 0.3) is 0 Å². The van der Waals surface area contributed by atoms with Crippen LogP contribution in [0.15, 0.2) is 12.5 Å². The van der Waals surface area contributed by atoms with Crippen LogP contribution in [0.4, 0.5) is 0 Å². The van der Waals surface area contributed by atoms with Gasteiger partial charge >= 0.3 is 0 Å². The molecule has 0 aromatic carbocycles. The van der Waals surface area contributed by atoms with Crippen molar-refractivity contribution in [1.82, 2.24) is 20.6 Å². The first-order valence-electron chi connectivity index (χ1n) is 6.41. The number of nitrogens with one attached hydrogen (secondary N) is 3. The fourth-order valence-electron chi connectivity index (χ4n) is 2.18. The third-order valence-electron chi connectivity index (χ3n) is 3.25. The van der Waals surface area contributed by atoms with Crippen LogP contribution in [-0.4, -0.2) is 45.6 Å². The van der Waals surface area contributed by atoms with E-state index in [4.69, 9.17) is 0 Å². The van der Waals surface area contributed by atoms with Crippen molar-refractivity contribution >= 4 is 11.8 Å². The van der Waals surface area contributed by atoms with Gasteiger partial charge in [-0.2, -0.15) is 0 Å². The third-order valence-corrected chi connectivity index (χ3v) is 3.25. The van der Waals surface area contributed by atoms with Gasteiger partial charge in [-0.3, -0.25) is 9.59 Å². The fraction of sp³-hybridized carbons (Fsp3) is 0.583. The molecule has 0 aliphatic heterocycles. The molecule has 19 heavy (non-hydrogen) atoms. The Morgan fingerprint density at radius 1 is 1.47 bits per heavy atom. The number of hydrogen-bond acceptors (Lipinski definition) is 4. The summed E-state index contributed by atoms with van der Waals surface area (Å²) in [5, 5.41) is 14.5. The number of aromatic amines is 1. The number of aliphatic hydroxyl groups excluding tert-OH is 1. The first-order chi connectivity index (χ1) is 9.20. The smallest absolute Gasteiger partial charge is 0.270 e. The van der Waals surface area contributed by atoms with Crippen molar-refractivity contribution in [2.45, 2.75) is 37.8 Å². The van der Waals surface area contributed by atoms with Gasteiger partial charge in [-0.15, -0.1) is 0 Å². The quantitative estimate of drug-likeness (QED) is 0.579. The number of aromatic nitrogens is 2. The second kappa shape index (κ2) is 6.33. The SMILES string of the molecule is O=C(NC(CO)C(=O)NC1CCCC1)c1cnc[nH]1. The molecule has 0 saturated heterocycles. The first-order valence-corrected chi connectivity index (χ1v) is 6.41. The van der Waals surface area contributed by atoms with E-state index in [0.717, 1.165) is 25.7 Å². The van der Waals surface area contributed by atoms with Gasteiger partial charge in [-0.1, -0.05) is 12.8 Å². The van der Waals surface area contributed by atoms with Crippen molar-refractivity contribution < 1.29 is 14.7 Å². The van der Waals surface area contributed by atoms with Crippen molar-refractivity contribution in [1.29, 1.82) is 0 Å². The summed E-state index contributed by atoms with van der Waals surface area (Å²) in [7, 11) is 0. The third kappa shape index (κ3) is 3.54. The van der Waals surface area contributed by atoms with E-state index >= 15 is 0 Å². The molecule has 1 aromatic heterocycles. The van der Waals surface area contributed by atoms with Crippen molar-refractivity contribution in [3.8, 4) is 0 Å². The van der Waals surface area contributed by atoms with Crippen molar-refractivity contribution in [2.75, 3.05) is 6.61 Å². The predicted molar refractivity (Wildman–Crippen MR) is 67.3 cm³/mol. The van der Waals surface area contributed by atoms with Crippen LogP contribution in [0.3, 0.4) is 0 Å². The van der Waals surface area contributed by atoms with Crippen molar-refractivity contribution in [3.05, 3.63) is 18.2 Å². The maximum Gasteiger partial charge on any atom is 0.270 e. The standard InChI is InChI=1S/C12H18N4O3/c17-6-10(12(19)15-8-3-1-2-4-8)16-11(18)9-5-13-7-14-9/h5,7-8,10,17H,1-4,6H2,(H,13,14)(H,15,19)(H,16,18). The van der Waals surface area contributed by atoms with Crippen LogP contribution in [0, 0.1) is 0 Å². The molecule has 0 radical (unpaired) electrons. The lowest BCUT2D eigenvalue weighted by Crippen LogP contribution is -2.51. The van der Waals surface area contributed by atoms with Crippen LogP contribution < -0.4 is 10.6 Å². The Bertz CT molecular complexity index is 426. The summed E-state index contributed by atoms with van der Waals surface area (Å²) >= 11 is 0. The van der Waals surface area contributed by atoms with E-state index in [9.17, 15) is 14.7 Å². The van der Waals surface area contributed by atoms with Crippen LogP contribution in [0.1, 0.15) is 36.2 Å². The van der Waals surface area contributed by atoms with Gasteiger partial charge < -0.3 is 20.7 Å². The molecule has 1 fully saturated rings. The molecule has 0 bridgehead atoms. The minimum atomic E-state index is -0.934. The largest absolute Gasteiger partial charge is 0.394 e. The van der Waals surface area contributed by atoms with Gasteiger partial charge in [0.2, 0.25) is 5.91 Å². The summed E-state index contributed by atoms with van der Waals surface area (Å²) in [6, 6.07) is -0.776. The summed E-state index contributed by atoms with van der Waals surface area (Å²) in [5.41, 5.74) is 0.257. The molecule has 4 N–H and O–H groups in total. The summed E-state index contributed by atoms with van der Waals surface area (Å²) in [4.78, 5) is 30.0. The predicted octanol–water partition coefficient (Wildman–Crippen LogP) is -0.441. The van der Waals surface area contributed by atoms with Crippen LogP contribution in [0.5, 0.6) is 0 Å². The number of carbonyl (C=O) groups excluding carboxylic acids is 2. The van der Waals surface area contributed by atoms with Gasteiger partial charge in [0.15, 0.2) is 0 Å². The van der Waals surface area contributed by atoms with E-state index < -0.39 is 18.6 Å². The topological polar surface area (TPSA) is 107 Å². The molecular formula is C12H18N4O3. The number of nitrogens with zero attached hydrogens (tertiary/aromatic N) is 1. The summed E-state index contributed by atoms with van der Waals surface area (Å²) in [6.07, 6.45) is 6.86. The maximum atomic E-state index is 11.9. The molecule has 0 spiro atoms. The van der Waals surface area contributed by atoms with Crippen molar-refractivity contribution in [3.63, 3.8) is 0 Å². The summed E-state index contributed by atoms with van der Waals surface area (Å²) in [5.74, 6) is -0.805. The highest BCUT2D eigenvalue weighted by atomic mass is 16.3. The Morgan fingerprint density at radius 3 is 2.79 bits per heavy atom. The Kier molecular flexibility index (Phi) is 4.51. The highest BCUT2D eigenvalue weighted by molar-refractivity contribution is 5.96. The summed E-state index contributed by atoms with van der Waals surface area (Å²) in [6.45, 7) is -0.432. The van der Waals surface area contributed by atoms with Crippen molar-refractivity contribution in [2.24, 2.45) is 0 Å². The van der Waals surface area contributed by atoms with Gasteiger partial charge in [-0.05, 0) is 12.8 Å². The Hall–Kier alpha value is -1.89. The van der Waals surface area contributed by atoms with E-state index in [1.807, 2.05) is 0 Å². The lowest BCUT2D eigenvalue weighted by atomic mass is 10.2. The van der Waals surface area contributed by atoms with E-state index in [1.165, 1.54) is 12.5 Å². The van der Waals surface area contributed by atoms with Gasteiger partial charge in [0.25, 0.3) is 5.91 Å². The molecule has 7 nitrogen and oxygen atoms in total. The Labute approximate surface area is 110 Å². The molecule has 1 aliphatic rings. The number of hydrogen-bond donors (Lipinski definition) is 4. The highest BCUT2D eigenvalue weighted by Crippen LogP contribution is 2.17. The Balaban J connectivity index is 1.88. The second-order valence-corrected chi connectivity index (χ2v) is 4.66. The molecule has 1 aromatic rings. The van der Waals surface area contributed by atoms with Crippen LogP contribution >= 0.6 is 0 Å². The second-order valence-electron chi connectivity index (χ2n) is 4.66. The van der Waals surface area contributed by atoms with Gasteiger partial charge in [0.05, 0.1) is 19.1 Å². The molecule has 1 saturated carbocycles. The number of imidazole rings is 1. The number of amides is 2. The Morgan fingerprint density at radius 2 is 2.21 bits per heavy atom. The molecule has 2 amide bonds. The molecule has 7 heteroatoms. The number of carbonyl (C=O) groups is 2. The minimum Gasteiger partial charge on any atom is -0.394 e. The zero-order valence-corrected chi connectivity index (χ0v) is 10.6. The molecule has 104 valence electrons. The number of rotatable bonds is 5. The van der Waals surface area contributed by atoms with E-state index in [1.54, 1.807) is 0 Å². The molecule has 1 atom stereocenters. The van der Waals surface area contributed by atoms with Crippen LogP contribution in [-0.2, 0) is 4.79 Å². The molecule has 1 heterocycles. The van der Waals surface area contributed by atoms with E-state index in [-0.39, 0.29) is 17.6 Å². The van der Waals surface area contributed by atoms with Crippen LogP contribution in [0.2, 0.25) is 0 Å². The first kappa shape index (κ1) is 13.5. The number of aliphatic hydroxyl groups is 1. The van der Waals surface area contributed by atoms with Gasteiger partial charge in [0, 0.05) is 6.04 Å². The molecule has 1 aliphatic carbocycles. The maximum absolute atomic E-state index is 11.9. The molecular weight excluding hydrogens is 248 g/mol. The zero-order valence-electron chi connectivity index (χ0n) is 10.6. The lowest BCUT2D eigenvalue weighted by Gasteiger charge is -2.18. The van der Waals surface area contributed by atoms with E-state index in [0.29, 0.717) is 0 Å². The zero-order chi connectivity index (χ0) is 13.7. The highest BCUT2D eigenvalue weighted by Gasteiger charge is 2.24. The minimum absolute atomic E-state index is 0.158.